The fourth-order valence-electron chi connectivity index (χ4n) is 2.69. The number of aromatic amines is 1. The van der Waals surface area contributed by atoms with Gasteiger partial charge in [0.25, 0.3) is 0 Å². The standard InChI is InChI=1S/C18H21FN4O2S/c1-11-23-13(10-26-11)4-6-25-17-7-14-12(3-5-21-18(24)20-2)9-22-16(14)8-15(17)19/h7-10,22H,3-6H2,1-2H3,(H2,20,21,24). The molecule has 26 heavy (non-hydrogen) atoms. The fourth-order valence-corrected chi connectivity index (χ4v) is 3.33. The van der Waals surface area contributed by atoms with Crippen molar-refractivity contribution in [1.29, 1.82) is 0 Å². The number of fused-ring (bicyclic) bond motifs is 1. The van der Waals surface area contributed by atoms with E-state index in [4.69, 9.17) is 4.74 Å². The van der Waals surface area contributed by atoms with Crippen LogP contribution in [0.3, 0.4) is 0 Å². The molecule has 0 atom stereocenters. The van der Waals surface area contributed by atoms with Crippen molar-refractivity contribution in [3.63, 3.8) is 0 Å². The number of thiazole rings is 1. The lowest BCUT2D eigenvalue weighted by molar-refractivity contribution is 0.243. The van der Waals surface area contributed by atoms with Gasteiger partial charge in [-0.2, -0.15) is 0 Å². The lowest BCUT2D eigenvalue weighted by Gasteiger charge is -2.08. The number of rotatable bonds is 7. The minimum absolute atomic E-state index is 0.225. The highest BCUT2D eigenvalue weighted by Crippen LogP contribution is 2.27. The molecule has 0 spiro atoms. The van der Waals surface area contributed by atoms with Gasteiger partial charge in [0, 0.05) is 48.6 Å². The van der Waals surface area contributed by atoms with E-state index in [1.165, 1.54) is 6.07 Å². The number of benzene rings is 1. The zero-order valence-corrected chi connectivity index (χ0v) is 15.5. The summed E-state index contributed by atoms with van der Waals surface area (Å²) in [4.78, 5) is 18.7. The Morgan fingerprint density at radius 1 is 1.38 bits per heavy atom. The van der Waals surface area contributed by atoms with Crippen LogP contribution in [0.1, 0.15) is 16.3 Å². The number of nitrogens with zero attached hydrogens (tertiary/aromatic N) is 1. The van der Waals surface area contributed by atoms with Gasteiger partial charge in [0.1, 0.15) is 0 Å². The summed E-state index contributed by atoms with van der Waals surface area (Å²) in [5.74, 6) is -0.173. The number of ether oxygens (including phenoxy) is 1. The first-order valence-corrected chi connectivity index (χ1v) is 9.23. The molecule has 3 aromatic rings. The van der Waals surface area contributed by atoms with Crippen LogP contribution >= 0.6 is 11.3 Å². The Balaban J connectivity index is 1.66. The number of carbonyl (C=O) groups excluding carboxylic acids is 1. The molecule has 2 heterocycles. The fraction of sp³-hybridized carbons (Fsp3) is 0.333. The Bertz CT molecular complexity index is 906. The average molecular weight is 376 g/mol. The second-order valence-electron chi connectivity index (χ2n) is 5.85. The number of amides is 2. The Morgan fingerprint density at radius 2 is 2.23 bits per heavy atom. The summed E-state index contributed by atoms with van der Waals surface area (Å²) in [5.41, 5.74) is 2.66. The van der Waals surface area contributed by atoms with Crippen molar-refractivity contribution < 1.29 is 13.9 Å². The number of hydrogen-bond donors (Lipinski definition) is 3. The molecule has 0 aliphatic carbocycles. The van der Waals surface area contributed by atoms with E-state index in [-0.39, 0.29) is 11.8 Å². The van der Waals surface area contributed by atoms with Crippen LogP contribution < -0.4 is 15.4 Å². The molecule has 0 saturated carbocycles. The highest BCUT2D eigenvalue weighted by atomic mass is 32.1. The maximum absolute atomic E-state index is 14.2. The number of halogens is 1. The predicted octanol–water partition coefficient (Wildman–Crippen LogP) is 3.16. The first-order valence-electron chi connectivity index (χ1n) is 8.35. The van der Waals surface area contributed by atoms with Gasteiger partial charge in [-0.1, -0.05) is 0 Å². The van der Waals surface area contributed by atoms with Crippen molar-refractivity contribution in [2.75, 3.05) is 20.2 Å². The molecule has 0 fully saturated rings. The van der Waals surface area contributed by atoms with Gasteiger partial charge in [-0.05, 0) is 25.0 Å². The number of H-pyrrole nitrogens is 1. The van der Waals surface area contributed by atoms with Crippen LogP contribution in [0.2, 0.25) is 0 Å². The normalized spacial score (nSPS) is 10.9. The summed E-state index contributed by atoms with van der Waals surface area (Å²) >= 11 is 1.59. The number of nitrogens with one attached hydrogen (secondary N) is 3. The molecule has 0 bridgehead atoms. The van der Waals surface area contributed by atoms with Gasteiger partial charge in [-0.25, -0.2) is 14.2 Å². The molecular formula is C18H21FN4O2S. The van der Waals surface area contributed by atoms with Crippen molar-refractivity contribution in [2.24, 2.45) is 0 Å². The van der Waals surface area contributed by atoms with E-state index in [1.807, 2.05) is 18.5 Å². The van der Waals surface area contributed by atoms with Gasteiger partial charge in [-0.15, -0.1) is 11.3 Å². The van der Waals surface area contributed by atoms with E-state index in [0.717, 1.165) is 21.7 Å². The second-order valence-corrected chi connectivity index (χ2v) is 6.92. The molecule has 8 heteroatoms. The minimum atomic E-state index is -0.399. The first kappa shape index (κ1) is 18.2. The van der Waals surface area contributed by atoms with Gasteiger partial charge in [0.15, 0.2) is 11.6 Å². The second kappa shape index (κ2) is 8.18. The molecule has 1 aromatic carbocycles. The highest BCUT2D eigenvalue weighted by Gasteiger charge is 2.11. The summed E-state index contributed by atoms with van der Waals surface area (Å²) in [7, 11) is 1.57. The SMILES string of the molecule is CNC(=O)NCCc1c[nH]c2cc(F)c(OCCc3csc(C)n3)cc12. The Labute approximate surface area is 154 Å². The number of aromatic nitrogens is 2. The van der Waals surface area contributed by atoms with Crippen molar-refractivity contribution in [3.05, 3.63) is 45.8 Å². The largest absolute Gasteiger partial charge is 0.490 e. The topological polar surface area (TPSA) is 79.0 Å². The summed E-state index contributed by atoms with van der Waals surface area (Å²) in [6.45, 7) is 2.81. The first-order chi connectivity index (χ1) is 12.6. The van der Waals surface area contributed by atoms with Gasteiger partial charge in [-0.3, -0.25) is 0 Å². The molecule has 138 valence electrons. The zero-order valence-electron chi connectivity index (χ0n) is 14.7. The number of carbonyl (C=O) groups is 1. The number of hydrogen-bond acceptors (Lipinski definition) is 4. The molecule has 3 rings (SSSR count). The number of urea groups is 1. The van der Waals surface area contributed by atoms with Gasteiger partial charge < -0.3 is 20.4 Å². The smallest absolute Gasteiger partial charge is 0.314 e. The van der Waals surface area contributed by atoms with Crippen LogP contribution in [-0.2, 0) is 12.8 Å². The zero-order chi connectivity index (χ0) is 18.5. The van der Waals surface area contributed by atoms with Gasteiger partial charge in [0.05, 0.1) is 17.3 Å². The Hall–Kier alpha value is -2.61. The van der Waals surface area contributed by atoms with Crippen molar-refractivity contribution in [1.82, 2.24) is 20.6 Å². The Morgan fingerprint density at radius 3 is 2.96 bits per heavy atom. The quantitative estimate of drug-likeness (QED) is 0.593. The third-order valence-electron chi connectivity index (χ3n) is 4.01. The molecule has 0 saturated heterocycles. The van der Waals surface area contributed by atoms with Crippen LogP contribution in [0.15, 0.2) is 23.7 Å². The third-order valence-corrected chi connectivity index (χ3v) is 4.83. The molecule has 0 aliphatic heterocycles. The van der Waals surface area contributed by atoms with Crippen LogP contribution in [0.5, 0.6) is 5.75 Å². The summed E-state index contributed by atoms with van der Waals surface area (Å²) in [6, 6.07) is 2.92. The lowest BCUT2D eigenvalue weighted by Crippen LogP contribution is -2.33. The van der Waals surface area contributed by atoms with Crippen molar-refractivity contribution >= 4 is 28.3 Å². The van der Waals surface area contributed by atoms with E-state index in [0.29, 0.717) is 31.5 Å². The molecule has 0 aliphatic rings. The van der Waals surface area contributed by atoms with Crippen LogP contribution in [0.25, 0.3) is 10.9 Å². The van der Waals surface area contributed by atoms with Gasteiger partial charge in [0.2, 0.25) is 0 Å². The Kier molecular flexibility index (Phi) is 5.72. The van der Waals surface area contributed by atoms with Crippen LogP contribution in [0.4, 0.5) is 9.18 Å². The molecule has 2 aromatic heterocycles. The summed E-state index contributed by atoms with van der Waals surface area (Å²) < 4.78 is 19.9. The molecule has 2 amide bonds. The maximum atomic E-state index is 14.2. The van der Waals surface area contributed by atoms with Crippen LogP contribution in [-0.4, -0.2) is 36.2 Å². The molecule has 3 N–H and O–H groups in total. The summed E-state index contributed by atoms with van der Waals surface area (Å²) in [6.07, 6.45) is 3.10. The van der Waals surface area contributed by atoms with Crippen molar-refractivity contribution in [3.8, 4) is 5.75 Å². The monoisotopic (exact) mass is 376 g/mol. The molecule has 0 radical (unpaired) electrons. The average Bonchev–Trinajstić information content (AvgIpc) is 3.21. The van der Waals surface area contributed by atoms with E-state index in [9.17, 15) is 9.18 Å². The summed E-state index contributed by atoms with van der Waals surface area (Å²) in [5, 5.41) is 9.14. The van der Waals surface area contributed by atoms with Crippen molar-refractivity contribution in [2.45, 2.75) is 19.8 Å². The molecule has 6 nitrogen and oxygen atoms in total. The minimum Gasteiger partial charge on any atom is -0.490 e. The van der Waals surface area contributed by atoms with E-state index in [2.05, 4.69) is 20.6 Å². The van der Waals surface area contributed by atoms with E-state index >= 15 is 0 Å². The molecule has 0 unspecified atom stereocenters. The molecular weight excluding hydrogens is 355 g/mol. The number of aryl methyl sites for hydroxylation is 1. The van der Waals surface area contributed by atoms with Gasteiger partial charge >= 0.3 is 6.03 Å². The predicted molar refractivity (Wildman–Crippen MR) is 100 cm³/mol. The maximum Gasteiger partial charge on any atom is 0.314 e. The van der Waals surface area contributed by atoms with Crippen LogP contribution in [0, 0.1) is 12.7 Å². The lowest BCUT2D eigenvalue weighted by atomic mass is 10.1. The van der Waals surface area contributed by atoms with E-state index in [1.54, 1.807) is 24.5 Å². The third kappa shape index (κ3) is 4.32. The van der Waals surface area contributed by atoms with E-state index < -0.39 is 5.82 Å². The highest BCUT2D eigenvalue weighted by molar-refractivity contribution is 7.09.